The standard InChI is InChI=1S/C18H14O3/c19-16-10-11-17(12-13-6-2-1-3-7-13)18(16,20)14-8-4-5-9-15(14)21-17/h1-11,20H,12H2/t17-,18+/m1/s1. The Morgan fingerprint density at radius 3 is 2.52 bits per heavy atom. The molecule has 3 heteroatoms. The molecule has 2 aromatic carbocycles. The van der Waals surface area contributed by atoms with Gasteiger partial charge in [0.1, 0.15) is 5.75 Å². The number of carbonyl (C=O) groups excluding carboxylic acids is 1. The molecule has 2 aliphatic rings. The highest BCUT2D eigenvalue weighted by molar-refractivity contribution is 6.03. The Bertz CT molecular complexity index is 750. The fourth-order valence-corrected chi connectivity index (χ4v) is 3.30. The van der Waals surface area contributed by atoms with Crippen LogP contribution in [-0.2, 0) is 16.8 Å². The van der Waals surface area contributed by atoms with Crippen molar-refractivity contribution in [1.82, 2.24) is 0 Å². The van der Waals surface area contributed by atoms with E-state index < -0.39 is 11.2 Å². The number of ketones is 1. The quantitative estimate of drug-likeness (QED) is 0.917. The lowest BCUT2D eigenvalue weighted by Crippen LogP contribution is -2.52. The zero-order valence-electron chi connectivity index (χ0n) is 11.3. The van der Waals surface area contributed by atoms with Gasteiger partial charge in [0.2, 0.25) is 0 Å². The molecule has 0 amide bonds. The largest absolute Gasteiger partial charge is 0.478 e. The summed E-state index contributed by atoms with van der Waals surface area (Å²) in [5.41, 5.74) is -1.10. The molecule has 1 N–H and O–H groups in total. The summed E-state index contributed by atoms with van der Waals surface area (Å²) in [6.45, 7) is 0. The van der Waals surface area contributed by atoms with Crippen LogP contribution < -0.4 is 4.74 Å². The van der Waals surface area contributed by atoms with Gasteiger partial charge in [-0.05, 0) is 23.8 Å². The van der Waals surface area contributed by atoms with Gasteiger partial charge in [-0.1, -0.05) is 48.5 Å². The molecule has 104 valence electrons. The van der Waals surface area contributed by atoms with Crippen LogP contribution in [0.1, 0.15) is 11.1 Å². The summed E-state index contributed by atoms with van der Waals surface area (Å²) in [6, 6.07) is 17.0. The van der Waals surface area contributed by atoms with E-state index in [4.69, 9.17) is 4.74 Å². The molecule has 1 aliphatic carbocycles. The van der Waals surface area contributed by atoms with Crippen LogP contribution in [-0.4, -0.2) is 16.5 Å². The maximum atomic E-state index is 12.3. The van der Waals surface area contributed by atoms with Crippen molar-refractivity contribution in [2.45, 2.75) is 17.6 Å². The van der Waals surface area contributed by atoms with Crippen LogP contribution in [0.2, 0.25) is 0 Å². The topological polar surface area (TPSA) is 46.5 Å². The van der Waals surface area contributed by atoms with E-state index in [1.54, 1.807) is 18.2 Å². The van der Waals surface area contributed by atoms with Gasteiger partial charge >= 0.3 is 0 Å². The lowest BCUT2D eigenvalue weighted by molar-refractivity contribution is -0.144. The van der Waals surface area contributed by atoms with Crippen LogP contribution in [0, 0.1) is 0 Å². The van der Waals surface area contributed by atoms with E-state index in [2.05, 4.69) is 0 Å². The second kappa shape index (κ2) is 4.06. The fraction of sp³-hybridized carbons (Fsp3) is 0.167. The molecule has 0 saturated carbocycles. The molecule has 21 heavy (non-hydrogen) atoms. The lowest BCUT2D eigenvalue weighted by Gasteiger charge is -2.33. The van der Waals surface area contributed by atoms with Crippen LogP contribution in [0.25, 0.3) is 0 Å². The first-order chi connectivity index (χ1) is 10.2. The molecule has 2 aromatic rings. The van der Waals surface area contributed by atoms with Crippen molar-refractivity contribution < 1.29 is 14.6 Å². The van der Waals surface area contributed by atoms with Crippen molar-refractivity contribution in [2.75, 3.05) is 0 Å². The summed E-state index contributed by atoms with van der Waals surface area (Å²) < 4.78 is 6.04. The Hall–Kier alpha value is -2.39. The maximum Gasteiger partial charge on any atom is 0.199 e. The van der Waals surface area contributed by atoms with Crippen LogP contribution >= 0.6 is 0 Å². The Kier molecular flexibility index (Phi) is 2.39. The fourth-order valence-electron chi connectivity index (χ4n) is 3.30. The molecule has 1 heterocycles. The number of hydrogen-bond acceptors (Lipinski definition) is 3. The van der Waals surface area contributed by atoms with E-state index >= 15 is 0 Å². The molecule has 3 nitrogen and oxygen atoms in total. The van der Waals surface area contributed by atoms with Gasteiger partial charge in [-0.2, -0.15) is 0 Å². The molecular formula is C18H14O3. The monoisotopic (exact) mass is 278 g/mol. The molecule has 2 atom stereocenters. The molecule has 0 unspecified atom stereocenters. The highest BCUT2D eigenvalue weighted by Crippen LogP contribution is 2.53. The summed E-state index contributed by atoms with van der Waals surface area (Å²) >= 11 is 0. The highest BCUT2D eigenvalue weighted by atomic mass is 16.5. The number of aliphatic hydroxyl groups is 1. The normalized spacial score (nSPS) is 29.1. The number of rotatable bonds is 2. The van der Waals surface area contributed by atoms with Gasteiger partial charge in [0.25, 0.3) is 0 Å². The summed E-state index contributed by atoms with van der Waals surface area (Å²) in [7, 11) is 0. The lowest BCUT2D eigenvalue weighted by atomic mass is 9.77. The predicted octanol–water partition coefficient (Wildman–Crippen LogP) is 2.39. The van der Waals surface area contributed by atoms with Crippen molar-refractivity contribution in [1.29, 1.82) is 0 Å². The summed E-state index contributed by atoms with van der Waals surface area (Å²) in [5, 5.41) is 11.1. The van der Waals surface area contributed by atoms with Gasteiger partial charge in [0.05, 0.1) is 0 Å². The molecule has 1 aliphatic heterocycles. The van der Waals surface area contributed by atoms with Crippen LogP contribution in [0.5, 0.6) is 5.75 Å². The number of hydrogen-bond donors (Lipinski definition) is 1. The van der Waals surface area contributed by atoms with Crippen molar-refractivity contribution in [3.8, 4) is 5.75 Å². The number of para-hydroxylation sites is 1. The van der Waals surface area contributed by atoms with Crippen LogP contribution in [0.4, 0.5) is 0 Å². The number of fused-ring (bicyclic) bond motifs is 3. The smallest absolute Gasteiger partial charge is 0.199 e. The third-order valence-corrected chi connectivity index (χ3v) is 4.35. The third kappa shape index (κ3) is 1.49. The van der Waals surface area contributed by atoms with Crippen molar-refractivity contribution in [2.24, 2.45) is 0 Å². The Balaban J connectivity index is 1.85. The Morgan fingerprint density at radius 2 is 1.71 bits per heavy atom. The number of ether oxygens (including phenoxy) is 1. The number of carbonyl (C=O) groups is 1. The van der Waals surface area contributed by atoms with Gasteiger partial charge in [-0.15, -0.1) is 0 Å². The molecule has 4 rings (SSSR count). The second-order valence-electron chi connectivity index (χ2n) is 5.56. The average molecular weight is 278 g/mol. The van der Waals surface area contributed by atoms with Crippen LogP contribution in [0.15, 0.2) is 66.7 Å². The summed E-state index contributed by atoms with van der Waals surface area (Å²) in [4.78, 5) is 12.3. The minimum absolute atomic E-state index is 0.316. The van der Waals surface area contributed by atoms with Crippen molar-refractivity contribution in [3.63, 3.8) is 0 Å². The zero-order chi connectivity index (χ0) is 14.5. The predicted molar refractivity (Wildman–Crippen MR) is 78.0 cm³/mol. The van der Waals surface area contributed by atoms with E-state index in [0.717, 1.165) is 5.56 Å². The molecule has 0 aromatic heterocycles. The van der Waals surface area contributed by atoms with E-state index in [0.29, 0.717) is 17.7 Å². The van der Waals surface area contributed by atoms with Gasteiger partial charge < -0.3 is 9.84 Å². The first-order valence-electron chi connectivity index (χ1n) is 6.94. The Morgan fingerprint density at radius 1 is 1.00 bits per heavy atom. The number of benzene rings is 2. The molecule has 0 radical (unpaired) electrons. The van der Waals surface area contributed by atoms with Gasteiger partial charge in [0, 0.05) is 12.0 Å². The minimum Gasteiger partial charge on any atom is -0.478 e. The van der Waals surface area contributed by atoms with Gasteiger partial charge in [-0.3, -0.25) is 4.79 Å². The zero-order valence-corrected chi connectivity index (χ0v) is 11.3. The van der Waals surface area contributed by atoms with Crippen molar-refractivity contribution in [3.05, 3.63) is 77.9 Å². The molecule has 0 bridgehead atoms. The summed E-state index contributed by atoms with van der Waals surface area (Å²) in [6.07, 6.45) is 3.57. The maximum absolute atomic E-state index is 12.3. The molecule has 0 spiro atoms. The molecule has 0 fully saturated rings. The van der Waals surface area contributed by atoms with Crippen molar-refractivity contribution >= 4 is 5.78 Å². The second-order valence-corrected chi connectivity index (χ2v) is 5.56. The van der Waals surface area contributed by atoms with E-state index in [9.17, 15) is 9.90 Å². The SMILES string of the molecule is O=C1C=C[C@]2(Cc3ccccc3)Oc3ccccc3[C@]12O. The third-order valence-electron chi connectivity index (χ3n) is 4.35. The van der Waals surface area contributed by atoms with Gasteiger partial charge in [0.15, 0.2) is 17.0 Å². The highest BCUT2D eigenvalue weighted by Gasteiger charge is 2.64. The Labute approximate surface area is 122 Å². The first kappa shape index (κ1) is 12.4. The first-order valence-corrected chi connectivity index (χ1v) is 6.94. The van der Waals surface area contributed by atoms with E-state index in [1.165, 1.54) is 6.08 Å². The molecular weight excluding hydrogens is 264 g/mol. The summed E-state index contributed by atoms with van der Waals surface area (Å²) in [5.74, 6) is 0.261. The van der Waals surface area contributed by atoms with Gasteiger partial charge in [-0.25, -0.2) is 0 Å². The average Bonchev–Trinajstić information content (AvgIpc) is 2.89. The molecule has 0 saturated heterocycles. The van der Waals surface area contributed by atoms with E-state index in [-0.39, 0.29) is 5.78 Å². The minimum atomic E-state index is -1.63. The van der Waals surface area contributed by atoms with Crippen LogP contribution in [0.3, 0.4) is 0 Å². The van der Waals surface area contributed by atoms with E-state index in [1.807, 2.05) is 42.5 Å².